The zero-order valence-corrected chi connectivity index (χ0v) is 17.6. The van der Waals surface area contributed by atoms with E-state index in [1.807, 2.05) is 0 Å². The van der Waals surface area contributed by atoms with E-state index in [9.17, 15) is 23.4 Å². The van der Waals surface area contributed by atoms with Gasteiger partial charge in [0.05, 0.1) is 16.6 Å². The molecular formula is C20H22N2O7S. The number of nitrogens with one attached hydrogen (secondary N) is 1. The summed E-state index contributed by atoms with van der Waals surface area (Å²) in [6.45, 7) is 4.62. The first-order chi connectivity index (χ1) is 14.1. The number of carbonyl (C=O) groups excluding carboxylic acids is 4. The lowest BCUT2D eigenvalue weighted by Crippen LogP contribution is -2.74. The Bertz CT molecular complexity index is 936. The minimum Gasteiger partial charge on any atom is -0.484 e. The molecule has 0 aliphatic carbocycles. The normalized spacial score (nSPS) is 23.2. The van der Waals surface area contributed by atoms with Crippen LogP contribution in [0.15, 0.2) is 41.6 Å². The zero-order valence-electron chi connectivity index (χ0n) is 16.7. The van der Waals surface area contributed by atoms with E-state index in [-0.39, 0.29) is 23.6 Å². The van der Waals surface area contributed by atoms with E-state index in [1.54, 1.807) is 51.1 Å². The molecule has 2 aliphatic rings. The van der Waals surface area contributed by atoms with Crippen molar-refractivity contribution in [2.75, 3.05) is 12.4 Å². The second-order valence-electron chi connectivity index (χ2n) is 7.76. The van der Waals surface area contributed by atoms with Crippen LogP contribution in [0.3, 0.4) is 0 Å². The summed E-state index contributed by atoms with van der Waals surface area (Å²) in [6, 6.07) is 7.58. The molecule has 1 aromatic rings. The first-order valence-electron chi connectivity index (χ1n) is 9.21. The lowest BCUT2D eigenvalue weighted by Gasteiger charge is -2.49. The number of aldehydes is 1. The van der Waals surface area contributed by atoms with Gasteiger partial charge in [-0.25, -0.2) is 4.79 Å². The molecule has 0 aromatic heterocycles. The highest BCUT2D eigenvalue weighted by Gasteiger charge is 2.57. The van der Waals surface area contributed by atoms with Crippen LogP contribution in [0.25, 0.3) is 0 Å². The fourth-order valence-electron chi connectivity index (χ4n) is 3.09. The summed E-state index contributed by atoms with van der Waals surface area (Å²) in [5.74, 6) is -1.78. The van der Waals surface area contributed by atoms with Crippen LogP contribution >= 0.6 is 0 Å². The standard InChI is InChI=1S/C20H22N2O7S/c1-20(2,3)29-19(26)16-12(9-23)11-30(27)18-15(17(25)22(16)18)21-14(24)10-28-13-7-5-4-6-8-13/h4-9,15,18H,10-11H2,1-3H3,(H,21,24)/t15?,18-,30?/m1/s1. The van der Waals surface area contributed by atoms with Gasteiger partial charge in [-0.05, 0) is 32.9 Å². The van der Waals surface area contributed by atoms with Gasteiger partial charge in [0, 0.05) is 5.57 Å². The van der Waals surface area contributed by atoms with Crippen molar-refractivity contribution >= 4 is 34.9 Å². The van der Waals surface area contributed by atoms with Gasteiger partial charge in [0.25, 0.3) is 11.8 Å². The summed E-state index contributed by atoms with van der Waals surface area (Å²) >= 11 is 0. The van der Waals surface area contributed by atoms with Crippen LogP contribution in [-0.2, 0) is 34.7 Å². The number of esters is 1. The van der Waals surface area contributed by atoms with Gasteiger partial charge in [-0.3, -0.25) is 23.5 Å². The van der Waals surface area contributed by atoms with Gasteiger partial charge in [-0.15, -0.1) is 0 Å². The summed E-state index contributed by atoms with van der Waals surface area (Å²) in [5, 5.41) is 1.54. The fourth-order valence-corrected chi connectivity index (χ4v) is 4.71. The zero-order chi connectivity index (χ0) is 22.1. The first kappa shape index (κ1) is 21.7. The Balaban J connectivity index is 1.72. The van der Waals surface area contributed by atoms with Crippen LogP contribution in [0.1, 0.15) is 20.8 Å². The average molecular weight is 434 g/mol. The fraction of sp³-hybridized carbons (Fsp3) is 0.400. The van der Waals surface area contributed by atoms with E-state index >= 15 is 0 Å². The highest BCUT2D eigenvalue weighted by molar-refractivity contribution is 7.86. The van der Waals surface area contributed by atoms with E-state index < -0.39 is 45.6 Å². The van der Waals surface area contributed by atoms with Crippen LogP contribution in [0.2, 0.25) is 0 Å². The molecule has 1 aromatic carbocycles. The van der Waals surface area contributed by atoms with E-state index in [0.29, 0.717) is 12.0 Å². The Labute approximate surface area is 175 Å². The van der Waals surface area contributed by atoms with Gasteiger partial charge in [0.2, 0.25) is 0 Å². The molecule has 160 valence electrons. The second kappa shape index (κ2) is 8.39. The van der Waals surface area contributed by atoms with Crippen molar-refractivity contribution in [3.8, 4) is 5.75 Å². The summed E-state index contributed by atoms with van der Waals surface area (Å²) in [4.78, 5) is 49.9. The van der Waals surface area contributed by atoms with Crippen molar-refractivity contribution in [3.05, 3.63) is 41.6 Å². The van der Waals surface area contributed by atoms with E-state index in [4.69, 9.17) is 9.47 Å². The number of benzene rings is 1. The highest BCUT2D eigenvalue weighted by Crippen LogP contribution is 2.35. The van der Waals surface area contributed by atoms with Crippen molar-refractivity contribution in [2.45, 2.75) is 37.8 Å². The summed E-state index contributed by atoms with van der Waals surface area (Å²) in [6.07, 6.45) is 0.403. The molecule has 3 rings (SSSR count). The molecule has 1 fully saturated rings. The Morgan fingerprint density at radius 1 is 1.27 bits per heavy atom. The summed E-state index contributed by atoms with van der Waals surface area (Å²) < 4.78 is 23.2. The SMILES string of the molecule is CC(C)(C)OC(=O)C1=C(C=O)CS(=O)[C@@H]2C(NC(=O)COc3ccccc3)C(=O)N12. The van der Waals surface area contributed by atoms with Gasteiger partial charge in [-0.1, -0.05) is 18.2 Å². The number of carbonyl (C=O) groups is 4. The Hall–Kier alpha value is -3.01. The van der Waals surface area contributed by atoms with Gasteiger partial charge in [-0.2, -0.15) is 0 Å². The van der Waals surface area contributed by atoms with E-state index in [2.05, 4.69) is 5.32 Å². The Morgan fingerprint density at radius 2 is 1.93 bits per heavy atom. The number of hydrogen-bond acceptors (Lipinski definition) is 7. The molecule has 3 atom stereocenters. The number of β-lactam (4-membered cyclic amide) rings is 1. The lowest BCUT2D eigenvalue weighted by molar-refractivity contribution is -0.159. The van der Waals surface area contributed by atoms with Crippen molar-refractivity contribution < 1.29 is 32.9 Å². The van der Waals surface area contributed by atoms with Crippen LogP contribution in [0.5, 0.6) is 5.75 Å². The number of para-hydroxylation sites is 1. The van der Waals surface area contributed by atoms with Crippen molar-refractivity contribution in [1.29, 1.82) is 0 Å². The van der Waals surface area contributed by atoms with Crippen LogP contribution in [-0.4, -0.2) is 62.6 Å². The van der Waals surface area contributed by atoms with Crippen LogP contribution in [0, 0.1) is 0 Å². The molecule has 2 heterocycles. The maximum Gasteiger partial charge on any atom is 0.356 e. The molecule has 2 aliphatic heterocycles. The monoisotopic (exact) mass is 434 g/mol. The van der Waals surface area contributed by atoms with Crippen molar-refractivity contribution in [1.82, 2.24) is 10.2 Å². The number of hydrogen-bond donors (Lipinski definition) is 1. The minimum absolute atomic E-state index is 0.0654. The van der Waals surface area contributed by atoms with Gasteiger partial charge < -0.3 is 14.8 Å². The van der Waals surface area contributed by atoms with Crippen LogP contribution < -0.4 is 10.1 Å². The largest absolute Gasteiger partial charge is 0.484 e. The maximum absolute atomic E-state index is 12.7. The molecular weight excluding hydrogens is 412 g/mol. The molecule has 0 bridgehead atoms. The lowest BCUT2D eigenvalue weighted by atomic mass is 10.0. The molecule has 2 amide bonds. The Kier molecular flexibility index (Phi) is 6.06. The number of amides is 2. The smallest absolute Gasteiger partial charge is 0.356 e. The first-order valence-corrected chi connectivity index (χ1v) is 10.6. The molecule has 1 N–H and O–H groups in total. The maximum atomic E-state index is 12.7. The predicted octanol–water partition coefficient (Wildman–Crippen LogP) is 0.276. The second-order valence-corrected chi connectivity index (χ2v) is 9.30. The average Bonchev–Trinajstić information content (AvgIpc) is 2.69. The number of nitrogens with zero attached hydrogens (tertiary/aromatic N) is 1. The summed E-state index contributed by atoms with van der Waals surface area (Å²) in [5.41, 5.74) is -1.13. The van der Waals surface area contributed by atoms with E-state index in [1.165, 1.54) is 0 Å². The molecule has 9 nitrogen and oxygen atoms in total. The number of fused-ring (bicyclic) bond motifs is 1. The molecule has 30 heavy (non-hydrogen) atoms. The molecule has 2 unspecified atom stereocenters. The quantitative estimate of drug-likeness (QED) is 0.388. The highest BCUT2D eigenvalue weighted by atomic mass is 32.2. The minimum atomic E-state index is -1.67. The van der Waals surface area contributed by atoms with Crippen LogP contribution in [0.4, 0.5) is 0 Å². The molecule has 10 heteroatoms. The van der Waals surface area contributed by atoms with Crippen molar-refractivity contribution in [2.24, 2.45) is 0 Å². The van der Waals surface area contributed by atoms with Gasteiger partial charge >= 0.3 is 5.97 Å². The Morgan fingerprint density at radius 3 is 2.53 bits per heavy atom. The molecule has 0 radical (unpaired) electrons. The van der Waals surface area contributed by atoms with Crippen molar-refractivity contribution in [3.63, 3.8) is 0 Å². The third kappa shape index (κ3) is 4.43. The van der Waals surface area contributed by atoms with E-state index in [0.717, 1.165) is 4.90 Å². The topological polar surface area (TPSA) is 119 Å². The van der Waals surface area contributed by atoms with Gasteiger partial charge in [0.1, 0.15) is 34.7 Å². The predicted molar refractivity (Wildman–Crippen MR) is 106 cm³/mol. The summed E-state index contributed by atoms with van der Waals surface area (Å²) in [7, 11) is -1.67. The third-order valence-electron chi connectivity index (χ3n) is 4.32. The number of ether oxygens (including phenoxy) is 2. The number of rotatable bonds is 6. The molecule has 1 saturated heterocycles. The van der Waals surface area contributed by atoms with Gasteiger partial charge in [0.15, 0.2) is 6.61 Å². The third-order valence-corrected chi connectivity index (χ3v) is 5.94. The molecule has 0 spiro atoms. The molecule has 0 saturated carbocycles.